The molecule has 2 heterocycles. The van der Waals surface area contributed by atoms with Crippen LogP contribution in [0.1, 0.15) is 16.2 Å². The number of nitrogens with zero attached hydrogens (tertiary/aromatic N) is 4. The molecule has 0 bridgehead atoms. The lowest BCUT2D eigenvalue weighted by Crippen LogP contribution is -2.10. The van der Waals surface area contributed by atoms with Gasteiger partial charge in [-0.15, -0.1) is 10.2 Å². The number of carboxylic acids is 1. The summed E-state index contributed by atoms with van der Waals surface area (Å²) in [5.41, 5.74) is 2.36. The van der Waals surface area contributed by atoms with Crippen molar-refractivity contribution >= 4 is 11.6 Å². The topological polar surface area (TPSA) is 89.6 Å². The van der Waals surface area contributed by atoms with Gasteiger partial charge in [0.1, 0.15) is 5.75 Å². The van der Waals surface area contributed by atoms with Crippen LogP contribution in [0.5, 0.6) is 5.75 Å². The van der Waals surface area contributed by atoms with Crippen molar-refractivity contribution in [3.05, 3.63) is 41.9 Å². The first-order valence-electron chi connectivity index (χ1n) is 6.21. The first kappa shape index (κ1) is 13.0. The molecule has 0 aliphatic carbocycles. The third-order valence-corrected chi connectivity index (χ3v) is 3.25. The Hall–Kier alpha value is -2.96. The summed E-state index contributed by atoms with van der Waals surface area (Å²) in [5.74, 6) is -0.439. The number of carbonyl (C=O) groups is 1. The molecule has 0 aliphatic rings. The second kappa shape index (κ2) is 4.86. The molecule has 7 heteroatoms. The van der Waals surface area contributed by atoms with Crippen LogP contribution in [0.2, 0.25) is 0 Å². The van der Waals surface area contributed by atoms with Crippen molar-refractivity contribution in [1.82, 2.24) is 19.8 Å². The van der Waals surface area contributed by atoms with E-state index < -0.39 is 5.97 Å². The fourth-order valence-electron chi connectivity index (χ4n) is 2.21. The normalized spacial score (nSPS) is 10.8. The first-order valence-corrected chi connectivity index (χ1v) is 6.21. The lowest BCUT2D eigenvalue weighted by Gasteiger charge is -2.06. The quantitative estimate of drug-likeness (QED) is 0.788. The lowest BCUT2D eigenvalue weighted by molar-refractivity contribution is 0.0687. The maximum absolute atomic E-state index is 11.1. The fraction of sp³-hybridized carbons (Fsp3) is 0.143. The van der Waals surface area contributed by atoms with Gasteiger partial charge < -0.3 is 9.84 Å². The number of carboxylic acid groups (broad SMARTS) is 1. The zero-order valence-corrected chi connectivity index (χ0v) is 11.4. The largest absolute Gasteiger partial charge is 0.496 e. The molecule has 0 unspecified atom stereocenters. The van der Waals surface area contributed by atoms with Crippen LogP contribution < -0.4 is 4.74 Å². The molecular formula is C14H12N4O3. The summed E-state index contributed by atoms with van der Waals surface area (Å²) >= 11 is 0. The molecule has 0 radical (unpaired) electrons. The lowest BCUT2D eigenvalue weighted by atomic mass is 10.1. The van der Waals surface area contributed by atoms with E-state index in [0.29, 0.717) is 17.1 Å². The van der Waals surface area contributed by atoms with Crippen molar-refractivity contribution in [1.29, 1.82) is 0 Å². The number of fused-ring (bicyclic) bond motifs is 1. The van der Waals surface area contributed by atoms with Gasteiger partial charge in [0.25, 0.3) is 0 Å². The van der Waals surface area contributed by atoms with Crippen molar-refractivity contribution < 1.29 is 14.6 Å². The van der Waals surface area contributed by atoms with E-state index in [1.807, 2.05) is 24.3 Å². The maximum atomic E-state index is 11.1. The standard InChI is InChI=1S/C14H12N4O3/c1-8-12(14(19)20)16-17-13-10(7-15-18(8)13)9-5-3-4-6-11(9)21-2/h3-7H,1-2H3,(H,19,20). The molecule has 21 heavy (non-hydrogen) atoms. The van der Waals surface area contributed by atoms with Gasteiger partial charge in [0.2, 0.25) is 0 Å². The van der Waals surface area contributed by atoms with Crippen LogP contribution in [0, 0.1) is 6.92 Å². The molecule has 0 atom stereocenters. The highest BCUT2D eigenvalue weighted by atomic mass is 16.5. The van der Waals surface area contributed by atoms with E-state index in [1.54, 1.807) is 20.2 Å². The van der Waals surface area contributed by atoms with Gasteiger partial charge in [0, 0.05) is 5.56 Å². The average molecular weight is 284 g/mol. The highest BCUT2D eigenvalue weighted by molar-refractivity contribution is 5.87. The molecule has 0 saturated carbocycles. The fourth-order valence-corrected chi connectivity index (χ4v) is 2.21. The second-order valence-corrected chi connectivity index (χ2v) is 4.43. The summed E-state index contributed by atoms with van der Waals surface area (Å²) in [6.07, 6.45) is 1.63. The Balaban J connectivity index is 2.27. The van der Waals surface area contributed by atoms with E-state index in [2.05, 4.69) is 15.3 Å². The SMILES string of the molecule is COc1ccccc1-c1cnn2c(C)c(C(=O)O)nnc12. The number of hydrogen-bond acceptors (Lipinski definition) is 5. The zero-order chi connectivity index (χ0) is 15.0. The molecule has 1 N–H and O–H groups in total. The minimum Gasteiger partial charge on any atom is -0.496 e. The Morgan fingerprint density at radius 2 is 2.00 bits per heavy atom. The third-order valence-electron chi connectivity index (χ3n) is 3.25. The molecule has 2 aromatic heterocycles. The van der Waals surface area contributed by atoms with Crippen molar-refractivity contribution in [2.24, 2.45) is 0 Å². The summed E-state index contributed by atoms with van der Waals surface area (Å²) in [6.45, 7) is 1.64. The van der Waals surface area contributed by atoms with E-state index in [0.717, 1.165) is 11.1 Å². The molecule has 7 nitrogen and oxygen atoms in total. The number of para-hydroxylation sites is 1. The van der Waals surface area contributed by atoms with Gasteiger partial charge in [-0.2, -0.15) is 5.10 Å². The van der Waals surface area contributed by atoms with Crippen LogP contribution in [0.4, 0.5) is 0 Å². The first-order chi connectivity index (χ1) is 10.1. The molecule has 0 amide bonds. The monoisotopic (exact) mass is 284 g/mol. The van der Waals surface area contributed by atoms with Crippen molar-refractivity contribution in [2.75, 3.05) is 7.11 Å². The summed E-state index contributed by atoms with van der Waals surface area (Å²) in [5, 5.41) is 21.0. The Morgan fingerprint density at radius 3 is 2.71 bits per heavy atom. The number of aromatic carboxylic acids is 1. The third kappa shape index (κ3) is 1.99. The molecule has 3 rings (SSSR count). The van der Waals surface area contributed by atoms with Crippen LogP contribution >= 0.6 is 0 Å². The van der Waals surface area contributed by atoms with Crippen LogP contribution in [-0.4, -0.2) is 38.0 Å². The minimum atomic E-state index is -1.13. The molecule has 106 valence electrons. The Bertz CT molecular complexity index is 841. The van der Waals surface area contributed by atoms with Crippen molar-refractivity contribution in [2.45, 2.75) is 6.92 Å². The van der Waals surface area contributed by atoms with Gasteiger partial charge in [0.05, 0.1) is 24.6 Å². The Kier molecular flexibility index (Phi) is 3.02. The maximum Gasteiger partial charge on any atom is 0.358 e. The number of rotatable bonds is 3. The molecule has 1 aromatic carbocycles. The summed E-state index contributed by atoms with van der Waals surface area (Å²) < 4.78 is 6.80. The summed E-state index contributed by atoms with van der Waals surface area (Å²) in [7, 11) is 1.59. The molecule has 0 fully saturated rings. The number of benzene rings is 1. The number of ether oxygens (including phenoxy) is 1. The van der Waals surface area contributed by atoms with Crippen LogP contribution in [0.15, 0.2) is 30.5 Å². The second-order valence-electron chi connectivity index (χ2n) is 4.43. The highest BCUT2D eigenvalue weighted by Crippen LogP contribution is 2.31. The van der Waals surface area contributed by atoms with Gasteiger partial charge in [-0.3, -0.25) is 0 Å². The predicted octanol–water partition coefficient (Wildman–Crippen LogP) is 1.81. The Morgan fingerprint density at radius 1 is 1.24 bits per heavy atom. The van der Waals surface area contributed by atoms with Gasteiger partial charge >= 0.3 is 5.97 Å². The predicted molar refractivity (Wildman–Crippen MR) is 74.5 cm³/mol. The van der Waals surface area contributed by atoms with Gasteiger partial charge in [0.15, 0.2) is 11.3 Å². The zero-order valence-electron chi connectivity index (χ0n) is 11.4. The van der Waals surface area contributed by atoms with Crippen LogP contribution in [-0.2, 0) is 0 Å². The molecule has 0 saturated heterocycles. The van der Waals surface area contributed by atoms with Gasteiger partial charge in [-0.1, -0.05) is 18.2 Å². The number of methoxy groups -OCH3 is 1. The van der Waals surface area contributed by atoms with E-state index in [1.165, 1.54) is 4.52 Å². The number of aromatic nitrogens is 4. The van der Waals surface area contributed by atoms with E-state index >= 15 is 0 Å². The average Bonchev–Trinajstić information content (AvgIpc) is 2.92. The molecule has 3 aromatic rings. The summed E-state index contributed by atoms with van der Waals surface area (Å²) in [4.78, 5) is 11.1. The smallest absolute Gasteiger partial charge is 0.358 e. The van der Waals surface area contributed by atoms with Crippen LogP contribution in [0.25, 0.3) is 16.8 Å². The highest BCUT2D eigenvalue weighted by Gasteiger charge is 2.18. The van der Waals surface area contributed by atoms with E-state index in [9.17, 15) is 4.79 Å². The van der Waals surface area contributed by atoms with Crippen LogP contribution in [0.3, 0.4) is 0 Å². The van der Waals surface area contributed by atoms with E-state index in [4.69, 9.17) is 9.84 Å². The van der Waals surface area contributed by atoms with Gasteiger partial charge in [-0.25, -0.2) is 9.31 Å². The van der Waals surface area contributed by atoms with Gasteiger partial charge in [-0.05, 0) is 13.0 Å². The number of aryl methyl sites for hydroxylation is 1. The molecular weight excluding hydrogens is 272 g/mol. The minimum absolute atomic E-state index is 0.114. The molecule has 0 spiro atoms. The van der Waals surface area contributed by atoms with E-state index in [-0.39, 0.29) is 5.69 Å². The summed E-state index contributed by atoms with van der Waals surface area (Å²) in [6, 6.07) is 7.48. The Labute approximate surface area is 119 Å². The molecule has 0 aliphatic heterocycles. The number of hydrogen-bond donors (Lipinski definition) is 1. The van der Waals surface area contributed by atoms with Crippen molar-refractivity contribution in [3.8, 4) is 16.9 Å². The van der Waals surface area contributed by atoms with Crippen molar-refractivity contribution in [3.63, 3.8) is 0 Å².